The molecule has 2 rings (SSSR count). The molecule has 1 amide bonds. The Hall–Kier alpha value is -1.44. The van der Waals surface area contributed by atoms with Crippen LogP contribution in [0.5, 0.6) is 0 Å². The zero-order chi connectivity index (χ0) is 18.0. The van der Waals surface area contributed by atoms with Gasteiger partial charge in [0.2, 0.25) is 10.0 Å². The van der Waals surface area contributed by atoms with Crippen molar-refractivity contribution in [3.8, 4) is 0 Å². The van der Waals surface area contributed by atoms with Crippen molar-refractivity contribution in [1.29, 1.82) is 0 Å². The lowest BCUT2D eigenvalue weighted by molar-refractivity contribution is 0.0925. The van der Waals surface area contributed by atoms with Gasteiger partial charge in [-0.05, 0) is 70.7 Å². The molecule has 0 unspecified atom stereocenters. The second kappa shape index (κ2) is 7.21. The Labute approximate surface area is 144 Å². The molecule has 0 heterocycles. The molecule has 24 heavy (non-hydrogen) atoms. The third kappa shape index (κ3) is 5.29. The minimum absolute atomic E-state index is 0.142. The summed E-state index contributed by atoms with van der Waals surface area (Å²) in [6.07, 6.45) is 3.60. The lowest BCUT2D eigenvalue weighted by Crippen LogP contribution is -2.41. The van der Waals surface area contributed by atoms with E-state index in [-0.39, 0.29) is 22.9 Å². The molecular formula is C17H27N3O3S. The molecule has 0 atom stereocenters. The maximum atomic E-state index is 12.3. The second-order valence-electron chi connectivity index (χ2n) is 7.47. The van der Waals surface area contributed by atoms with Crippen molar-refractivity contribution in [3.05, 3.63) is 29.8 Å². The van der Waals surface area contributed by atoms with Crippen LogP contribution in [-0.4, -0.2) is 31.9 Å². The first kappa shape index (κ1) is 18.9. The van der Waals surface area contributed by atoms with Crippen LogP contribution >= 0.6 is 0 Å². The Balaban J connectivity index is 2.02. The van der Waals surface area contributed by atoms with Crippen molar-refractivity contribution in [2.75, 3.05) is 0 Å². The van der Waals surface area contributed by atoms with E-state index in [0.29, 0.717) is 5.56 Å². The molecule has 0 radical (unpaired) electrons. The van der Waals surface area contributed by atoms with E-state index in [1.54, 1.807) is 32.9 Å². The van der Waals surface area contributed by atoms with Crippen molar-refractivity contribution in [2.45, 2.75) is 69.0 Å². The van der Waals surface area contributed by atoms with Crippen LogP contribution in [0.15, 0.2) is 29.2 Å². The van der Waals surface area contributed by atoms with Gasteiger partial charge in [-0.1, -0.05) is 0 Å². The number of sulfonamides is 1. The van der Waals surface area contributed by atoms with Gasteiger partial charge in [-0.3, -0.25) is 4.79 Å². The van der Waals surface area contributed by atoms with E-state index in [9.17, 15) is 13.2 Å². The first-order valence-electron chi connectivity index (χ1n) is 8.27. The molecule has 7 heteroatoms. The van der Waals surface area contributed by atoms with Gasteiger partial charge in [-0.2, -0.15) is 0 Å². The van der Waals surface area contributed by atoms with E-state index in [2.05, 4.69) is 10.0 Å². The summed E-state index contributed by atoms with van der Waals surface area (Å²) in [6.45, 7) is 5.34. The predicted octanol–water partition coefficient (Wildman–Crippen LogP) is 1.76. The summed E-state index contributed by atoms with van der Waals surface area (Å²) >= 11 is 0. The number of hydrogen-bond acceptors (Lipinski definition) is 4. The summed E-state index contributed by atoms with van der Waals surface area (Å²) in [5, 5.41) is 2.99. The molecular weight excluding hydrogens is 326 g/mol. The number of nitrogens with two attached hydrogens (primary N) is 1. The number of benzene rings is 1. The molecule has 0 saturated heterocycles. The largest absolute Gasteiger partial charge is 0.349 e. The number of amides is 1. The maximum Gasteiger partial charge on any atom is 0.251 e. The molecule has 0 spiro atoms. The molecule has 4 N–H and O–H groups in total. The fourth-order valence-corrected chi connectivity index (χ4v) is 4.20. The molecule has 1 aromatic carbocycles. The van der Waals surface area contributed by atoms with Gasteiger partial charge in [0.25, 0.3) is 5.91 Å². The fraction of sp³-hybridized carbons (Fsp3) is 0.588. The van der Waals surface area contributed by atoms with E-state index in [0.717, 1.165) is 25.7 Å². The number of carbonyl (C=O) groups excluding carboxylic acids is 1. The monoisotopic (exact) mass is 353 g/mol. The van der Waals surface area contributed by atoms with Gasteiger partial charge in [0.15, 0.2) is 0 Å². The average Bonchev–Trinajstić information content (AvgIpc) is 2.47. The predicted molar refractivity (Wildman–Crippen MR) is 94.2 cm³/mol. The van der Waals surface area contributed by atoms with Gasteiger partial charge in [0.1, 0.15) is 0 Å². The number of rotatable bonds is 4. The normalized spacial score (nSPS) is 22.2. The Bertz CT molecular complexity index is 670. The van der Waals surface area contributed by atoms with Gasteiger partial charge < -0.3 is 11.1 Å². The van der Waals surface area contributed by atoms with Crippen LogP contribution in [0.1, 0.15) is 56.8 Å². The molecule has 6 nitrogen and oxygen atoms in total. The number of nitrogens with one attached hydrogen (secondary N) is 2. The summed E-state index contributed by atoms with van der Waals surface area (Å²) in [5.41, 5.74) is 5.76. The Morgan fingerprint density at radius 3 is 2.12 bits per heavy atom. The second-order valence-corrected chi connectivity index (χ2v) is 9.15. The summed E-state index contributed by atoms with van der Waals surface area (Å²) in [5.74, 6) is -0.178. The molecule has 1 fully saturated rings. The average molecular weight is 353 g/mol. The summed E-state index contributed by atoms with van der Waals surface area (Å²) in [4.78, 5) is 12.4. The summed E-state index contributed by atoms with van der Waals surface area (Å²) in [7, 11) is -3.59. The molecule has 1 aliphatic carbocycles. The zero-order valence-corrected chi connectivity index (χ0v) is 15.3. The molecule has 1 aromatic rings. The molecule has 0 aromatic heterocycles. The highest BCUT2D eigenvalue weighted by molar-refractivity contribution is 7.89. The van der Waals surface area contributed by atoms with Crippen LogP contribution in [0.4, 0.5) is 0 Å². The van der Waals surface area contributed by atoms with Crippen molar-refractivity contribution in [2.24, 2.45) is 5.73 Å². The molecule has 0 bridgehead atoms. The standard InChI is InChI=1S/C17H27N3O3S/c1-17(2,3)20-24(22,23)15-10-4-12(5-11-15)16(21)19-14-8-6-13(18)7-9-14/h4-5,10-11,13-14,20H,6-9,18H2,1-3H3,(H,19,21). The first-order chi connectivity index (χ1) is 11.1. The lowest BCUT2D eigenvalue weighted by atomic mass is 9.91. The summed E-state index contributed by atoms with van der Waals surface area (Å²) < 4.78 is 27.1. The molecule has 1 saturated carbocycles. The topological polar surface area (TPSA) is 101 Å². The van der Waals surface area contributed by atoms with Crippen LogP contribution < -0.4 is 15.8 Å². The lowest BCUT2D eigenvalue weighted by Gasteiger charge is -2.26. The van der Waals surface area contributed by atoms with Gasteiger partial charge in [0, 0.05) is 23.2 Å². The van der Waals surface area contributed by atoms with Crippen LogP contribution in [-0.2, 0) is 10.0 Å². The van der Waals surface area contributed by atoms with E-state index in [1.807, 2.05) is 0 Å². The van der Waals surface area contributed by atoms with Crippen molar-refractivity contribution in [3.63, 3.8) is 0 Å². The van der Waals surface area contributed by atoms with Crippen molar-refractivity contribution < 1.29 is 13.2 Å². The number of hydrogen-bond donors (Lipinski definition) is 3. The van der Waals surface area contributed by atoms with E-state index >= 15 is 0 Å². The van der Waals surface area contributed by atoms with Gasteiger partial charge in [-0.25, -0.2) is 13.1 Å². The van der Waals surface area contributed by atoms with E-state index < -0.39 is 15.6 Å². The maximum absolute atomic E-state index is 12.3. The first-order valence-corrected chi connectivity index (χ1v) is 9.76. The Morgan fingerprint density at radius 1 is 1.08 bits per heavy atom. The highest BCUT2D eigenvalue weighted by atomic mass is 32.2. The van der Waals surface area contributed by atoms with Crippen molar-refractivity contribution in [1.82, 2.24) is 10.0 Å². The third-order valence-corrected chi connectivity index (χ3v) is 5.75. The third-order valence-electron chi connectivity index (χ3n) is 3.97. The quantitative estimate of drug-likeness (QED) is 0.768. The number of carbonyl (C=O) groups is 1. The highest BCUT2D eigenvalue weighted by Gasteiger charge is 2.23. The van der Waals surface area contributed by atoms with Gasteiger partial charge >= 0.3 is 0 Å². The van der Waals surface area contributed by atoms with Gasteiger partial charge in [0.05, 0.1) is 4.90 Å². The van der Waals surface area contributed by atoms with E-state index in [4.69, 9.17) is 5.73 Å². The highest BCUT2D eigenvalue weighted by Crippen LogP contribution is 2.18. The molecule has 1 aliphatic rings. The smallest absolute Gasteiger partial charge is 0.251 e. The van der Waals surface area contributed by atoms with Crippen molar-refractivity contribution >= 4 is 15.9 Å². The van der Waals surface area contributed by atoms with Gasteiger partial charge in [-0.15, -0.1) is 0 Å². The van der Waals surface area contributed by atoms with E-state index in [1.165, 1.54) is 12.1 Å². The minimum atomic E-state index is -3.59. The minimum Gasteiger partial charge on any atom is -0.349 e. The van der Waals surface area contributed by atoms with Crippen LogP contribution in [0, 0.1) is 0 Å². The Morgan fingerprint density at radius 2 is 1.62 bits per heavy atom. The summed E-state index contributed by atoms with van der Waals surface area (Å²) in [6, 6.07) is 6.38. The zero-order valence-electron chi connectivity index (χ0n) is 14.5. The fourth-order valence-electron chi connectivity index (χ4n) is 2.78. The van der Waals surface area contributed by atoms with Crippen LogP contribution in [0.3, 0.4) is 0 Å². The Kier molecular flexibility index (Phi) is 5.67. The van der Waals surface area contributed by atoms with Crippen LogP contribution in [0.25, 0.3) is 0 Å². The SMILES string of the molecule is CC(C)(C)NS(=O)(=O)c1ccc(C(=O)NC2CCC(N)CC2)cc1. The van der Waals surface area contributed by atoms with Crippen LogP contribution in [0.2, 0.25) is 0 Å². The molecule has 134 valence electrons. The molecule has 0 aliphatic heterocycles.